The van der Waals surface area contributed by atoms with Crippen molar-refractivity contribution in [3.63, 3.8) is 0 Å². The van der Waals surface area contributed by atoms with Crippen molar-refractivity contribution in [2.24, 2.45) is 5.41 Å². The molecule has 0 radical (unpaired) electrons. The first kappa shape index (κ1) is 18.3. The summed E-state index contributed by atoms with van der Waals surface area (Å²) in [5.41, 5.74) is 1.04. The Bertz CT molecular complexity index is 566. The van der Waals surface area contributed by atoms with E-state index in [1.165, 1.54) is 0 Å². The molecular weight excluding hydrogens is 318 g/mol. The highest BCUT2D eigenvalue weighted by Crippen LogP contribution is 2.40. The number of carbonyl (C=O) groups is 1. The normalized spacial score (nSPS) is 26.5. The van der Waals surface area contributed by atoms with E-state index in [1.807, 2.05) is 36.0 Å². The molecule has 0 aromatic carbocycles. The average molecular weight is 347 g/mol. The Morgan fingerprint density at radius 3 is 3.00 bits per heavy atom. The van der Waals surface area contributed by atoms with E-state index in [1.54, 1.807) is 12.4 Å². The van der Waals surface area contributed by atoms with E-state index in [2.05, 4.69) is 4.98 Å². The Labute approximate surface area is 150 Å². The van der Waals surface area contributed by atoms with Gasteiger partial charge >= 0.3 is 0 Å². The molecule has 0 bridgehead atoms. The van der Waals surface area contributed by atoms with Gasteiger partial charge in [-0.1, -0.05) is 0 Å². The average Bonchev–Trinajstić information content (AvgIpc) is 2.61. The van der Waals surface area contributed by atoms with E-state index >= 15 is 0 Å². The quantitative estimate of drug-likeness (QED) is 0.782. The van der Waals surface area contributed by atoms with Gasteiger partial charge in [-0.25, -0.2) is 0 Å². The van der Waals surface area contributed by atoms with Crippen molar-refractivity contribution >= 4 is 5.91 Å². The van der Waals surface area contributed by atoms with Gasteiger partial charge in [-0.15, -0.1) is 0 Å². The lowest BCUT2D eigenvalue weighted by Gasteiger charge is -2.50. The summed E-state index contributed by atoms with van der Waals surface area (Å²) in [5, 5.41) is 0. The van der Waals surface area contributed by atoms with Gasteiger partial charge in [-0.3, -0.25) is 9.78 Å². The molecule has 0 unspecified atom stereocenters. The molecule has 3 heterocycles. The minimum absolute atomic E-state index is 0.0779. The highest BCUT2D eigenvalue weighted by atomic mass is 16.5. The first-order valence-electron chi connectivity index (χ1n) is 9.10. The summed E-state index contributed by atoms with van der Waals surface area (Å²) in [6.45, 7) is 4.00. The third-order valence-corrected chi connectivity index (χ3v) is 5.20. The monoisotopic (exact) mass is 347 g/mol. The fourth-order valence-electron chi connectivity index (χ4n) is 3.94. The Kier molecular flexibility index (Phi) is 6.04. The number of pyridine rings is 1. The zero-order chi connectivity index (χ0) is 17.7. The van der Waals surface area contributed by atoms with Crippen molar-refractivity contribution in [1.82, 2.24) is 14.8 Å². The second kappa shape index (κ2) is 8.25. The highest BCUT2D eigenvalue weighted by Gasteiger charge is 2.47. The number of rotatable bonds is 6. The Morgan fingerprint density at radius 1 is 1.44 bits per heavy atom. The first-order valence-corrected chi connectivity index (χ1v) is 9.10. The highest BCUT2D eigenvalue weighted by molar-refractivity contribution is 5.78. The maximum Gasteiger partial charge on any atom is 0.236 e. The summed E-state index contributed by atoms with van der Waals surface area (Å²) >= 11 is 0. The number of hydrogen-bond acceptors (Lipinski definition) is 5. The van der Waals surface area contributed by atoms with Crippen LogP contribution < -0.4 is 0 Å². The molecule has 3 rings (SSSR count). The molecule has 1 amide bonds. The Morgan fingerprint density at radius 2 is 2.24 bits per heavy atom. The lowest BCUT2D eigenvalue weighted by atomic mass is 9.73. The molecule has 2 fully saturated rings. The van der Waals surface area contributed by atoms with Crippen molar-refractivity contribution in [2.75, 3.05) is 46.9 Å². The van der Waals surface area contributed by atoms with Gasteiger partial charge < -0.3 is 19.3 Å². The number of aromatic nitrogens is 1. The fourth-order valence-corrected chi connectivity index (χ4v) is 3.94. The zero-order valence-corrected chi connectivity index (χ0v) is 15.3. The second-order valence-corrected chi connectivity index (χ2v) is 7.52. The van der Waals surface area contributed by atoms with Gasteiger partial charge in [-0.05, 0) is 51.1 Å². The van der Waals surface area contributed by atoms with E-state index in [0.29, 0.717) is 19.8 Å². The lowest BCUT2D eigenvalue weighted by Crippen LogP contribution is -2.58. The van der Waals surface area contributed by atoms with E-state index in [-0.39, 0.29) is 17.4 Å². The molecule has 138 valence electrons. The summed E-state index contributed by atoms with van der Waals surface area (Å²) in [7, 11) is 3.87. The van der Waals surface area contributed by atoms with Gasteiger partial charge in [0.25, 0.3) is 0 Å². The van der Waals surface area contributed by atoms with E-state index in [4.69, 9.17) is 9.47 Å². The van der Waals surface area contributed by atoms with Gasteiger partial charge in [0.1, 0.15) is 0 Å². The predicted molar refractivity (Wildman–Crippen MR) is 95.1 cm³/mol. The maximum atomic E-state index is 12.5. The molecule has 0 saturated carbocycles. The number of amides is 1. The summed E-state index contributed by atoms with van der Waals surface area (Å²) in [4.78, 5) is 20.5. The number of carbonyl (C=O) groups excluding carboxylic acids is 1. The molecule has 2 aliphatic rings. The smallest absolute Gasteiger partial charge is 0.236 e. The standard InChI is InChI=1S/C19H29N3O3/c1-21(2)12-18(23)22-10-6-17-19(14-22,7-3-11-25-17)15-24-13-16-4-8-20-9-5-16/h4-5,8-9,17H,3,6-7,10-15H2,1-2H3/t17-,19-/m0/s1. The maximum absolute atomic E-state index is 12.5. The number of ether oxygens (including phenoxy) is 2. The molecule has 1 aromatic heterocycles. The van der Waals surface area contributed by atoms with E-state index in [0.717, 1.165) is 44.5 Å². The molecule has 2 saturated heterocycles. The largest absolute Gasteiger partial charge is 0.377 e. The minimum Gasteiger partial charge on any atom is -0.377 e. The van der Waals surface area contributed by atoms with Crippen LogP contribution in [0.4, 0.5) is 0 Å². The summed E-state index contributed by atoms with van der Waals surface area (Å²) in [5.74, 6) is 0.197. The van der Waals surface area contributed by atoms with Crippen LogP contribution in [0.3, 0.4) is 0 Å². The van der Waals surface area contributed by atoms with Crippen LogP contribution >= 0.6 is 0 Å². The van der Waals surface area contributed by atoms with Crippen molar-refractivity contribution in [3.8, 4) is 0 Å². The van der Waals surface area contributed by atoms with Crippen molar-refractivity contribution in [1.29, 1.82) is 0 Å². The number of likely N-dealkylation sites (N-methyl/N-ethyl adjacent to an activating group) is 1. The van der Waals surface area contributed by atoms with Crippen LogP contribution in [-0.4, -0.2) is 73.7 Å². The van der Waals surface area contributed by atoms with Crippen LogP contribution in [0.15, 0.2) is 24.5 Å². The van der Waals surface area contributed by atoms with Gasteiger partial charge in [0.2, 0.25) is 5.91 Å². The second-order valence-electron chi connectivity index (χ2n) is 7.52. The SMILES string of the molecule is CN(C)CC(=O)N1CC[C@@H]2OCCC[C@@]2(COCc2ccncc2)C1. The van der Waals surface area contributed by atoms with Crippen LogP contribution in [-0.2, 0) is 20.9 Å². The molecule has 25 heavy (non-hydrogen) atoms. The topological polar surface area (TPSA) is 54.9 Å². The number of likely N-dealkylation sites (tertiary alicyclic amines) is 1. The van der Waals surface area contributed by atoms with Gasteiger partial charge in [0, 0.05) is 37.5 Å². The number of nitrogens with zero attached hydrogens (tertiary/aromatic N) is 3. The molecule has 6 nitrogen and oxygen atoms in total. The van der Waals surface area contributed by atoms with Crippen LogP contribution in [0.25, 0.3) is 0 Å². The molecule has 0 aliphatic carbocycles. The van der Waals surface area contributed by atoms with Crippen LogP contribution in [0, 0.1) is 5.41 Å². The molecule has 1 aromatic rings. The van der Waals surface area contributed by atoms with Crippen molar-refractivity contribution in [3.05, 3.63) is 30.1 Å². The van der Waals surface area contributed by atoms with Gasteiger partial charge in [-0.2, -0.15) is 0 Å². The zero-order valence-electron chi connectivity index (χ0n) is 15.3. The lowest BCUT2D eigenvalue weighted by molar-refractivity contribution is -0.166. The summed E-state index contributed by atoms with van der Waals surface area (Å²) in [6, 6.07) is 3.95. The van der Waals surface area contributed by atoms with Crippen LogP contribution in [0.2, 0.25) is 0 Å². The molecule has 2 atom stereocenters. The minimum atomic E-state index is -0.0779. The third kappa shape index (κ3) is 4.57. The fraction of sp³-hybridized carbons (Fsp3) is 0.684. The molecule has 2 aliphatic heterocycles. The summed E-state index contributed by atoms with van der Waals surface area (Å²) in [6.07, 6.45) is 6.75. The van der Waals surface area contributed by atoms with E-state index in [9.17, 15) is 4.79 Å². The molecule has 6 heteroatoms. The Balaban J connectivity index is 1.63. The first-order chi connectivity index (χ1) is 12.1. The predicted octanol–water partition coefficient (Wildman–Crippen LogP) is 1.56. The van der Waals surface area contributed by atoms with E-state index < -0.39 is 0 Å². The van der Waals surface area contributed by atoms with Gasteiger partial charge in [0.05, 0.1) is 25.9 Å². The molecule has 0 N–H and O–H groups in total. The molecular formula is C19H29N3O3. The Hall–Kier alpha value is -1.50. The van der Waals surface area contributed by atoms with Crippen LogP contribution in [0.5, 0.6) is 0 Å². The van der Waals surface area contributed by atoms with Gasteiger partial charge in [0.15, 0.2) is 0 Å². The third-order valence-electron chi connectivity index (χ3n) is 5.20. The van der Waals surface area contributed by atoms with Crippen LogP contribution in [0.1, 0.15) is 24.8 Å². The number of fused-ring (bicyclic) bond motifs is 1. The number of hydrogen-bond donors (Lipinski definition) is 0. The summed E-state index contributed by atoms with van der Waals surface area (Å²) < 4.78 is 12.1. The molecule has 0 spiro atoms. The van der Waals surface area contributed by atoms with Crippen molar-refractivity contribution in [2.45, 2.75) is 32.0 Å². The number of piperidine rings is 1. The van der Waals surface area contributed by atoms with Crippen molar-refractivity contribution < 1.29 is 14.3 Å².